The fraction of sp³-hybridized carbons (Fsp3) is 1.00. The lowest BCUT2D eigenvalue weighted by atomic mass is 10.4. The number of alkyl halides is 4. The Morgan fingerprint density at radius 1 is 1.17 bits per heavy atom. The van der Waals surface area contributed by atoms with Gasteiger partial charge in [0.1, 0.15) is 0 Å². The zero-order valence-corrected chi connectivity index (χ0v) is 7.23. The minimum absolute atomic E-state index is 0. The monoisotopic (exact) mass is 232 g/mol. The summed E-state index contributed by atoms with van der Waals surface area (Å²) in [6.07, 6.45) is 0. The topological polar surface area (TPSA) is 54.4 Å². The Bertz CT molecular complexity index is 243. The molecule has 0 aromatic heterocycles. The van der Waals surface area contributed by atoms with Crippen LogP contribution >= 0.6 is 12.4 Å². The van der Waals surface area contributed by atoms with Crippen molar-refractivity contribution >= 4 is 22.5 Å². The Hall–Kier alpha value is -0.0800. The van der Waals surface area contributed by atoms with Crippen LogP contribution in [-0.2, 0) is 10.1 Å². The zero-order valence-electron chi connectivity index (χ0n) is 5.59. The highest BCUT2D eigenvalue weighted by Gasteiger charge is 2.62. The summed E-state index contributed by atoms with van der Waals surface area (Å²) in [5.41, 5.74) is 0. The van der Waals surface area contributed by atoms with Gasteiger partial charge < -0.3 is 0 Å². The first kappa shape index (κ1) is 14.4. The van der Waals surface area contributed by atoms with Crippen LogP contribution in [0.1, 0.15) is 6.92 Å². The normalized spacial score (nSPS) is 13.8. The van der Waals surface area contributed by atoms with E-state index in [1.165, 1.54) is 0 Å². The van der Waals surface area contributed by atoms with Crippen molar-refractivity contribution in [3.8, 4) is 0 Å². The van der Waals surface area contributed by atoms with Crippen LogP contribution < -0.4 is 0 Å². The summed E-state index contributed by atoms with van der Waals surface area (Å²) in [7, 11) is -6.04. The third-order valence-electron chi connectivity index (χ3n) is 0.835. The third kappa shape index (κ3) is 2.46. The average Bonchev–Trinajstić information content (AvgIpc) is 1.58. The first-order valence-corrected chi connectivity index (χ1v) is 3.67. The van der Waals surface area contributed by atoms with E-state index in [0.717, 1.165) is 0 Å². The second-order valence-electron chi connectivity index (χ2n) is 1.88. The molecule has 0 aromatic rings. The molecule has 0 atom stereocenters. The molecule has 0 radical (unpaired) electrons. The summed E-state index contributed by atoms with van der Waals surface area (Å²) in [6, 6.07) is 0. The smallest absolute Gasteiger partial charge is 0.281 e. The van der Waals surface area contributed by atoms with Gasteiger partial charge in [-0.05, 0) is 0 Å². The van der Waals surface area contributed by atoms with E-state index in [2.05, 4.69) is 0 Å². The highest BCUT2D eigenvalue weighted by atomic mass is 35.5. The van der Waals surface area contributed by atoms with E-state index in [4.69, 9.17) is 4.55 Å². The number of hydrogen-bond acceptors (Lipinski definition) is 2. The van der Waals surface area contributed by atoms with Crippen molar-refractivity contribution in [3.05, 3.63) is 0 Å². The van der Waals surface area contributed by atoms with Gasteiger partial charge in [0.25, 0.3) is 0 Å². The van der Waals surface area contributed by atoms with Crippen molar-refractivity contribution in [2.45, 2.75) is 18.1 Å². The molecule has 12 heavy (non-hydrogen) atoms. The summed E-state index contributed by atoms with van der Waals surface area (Å²) >= 11 is 0. The fourth-order valence-corrected chi connectivity index (χ4v) is 0.679. The zero-order chi connectivity index (χ0) is 9.50. The Morgan fingerprint density at radius 2 is 1.42 bits per heavy atom. The van der Waals surface area contributed by atoms with Crippen LogP contribution in [0.3, 0.4) is 0 Å². The maximum atomic E-state index is 11.8. The van der Waals surface area contributed by atoms with Gasteiger partial charge in [-0.2, -0.15) is 26.0 Å². The predicted molar refractivity (Wildman–Crippen MR) is 34.4 cm³/mol. The quantitative estimate of drug-likeness (QED) is 0.580. The molecule has 0 amide bonds. The van der Waals surface area contributed by atoms with E-state index < -0.39 is 21.3 Å². The molecule has 3 nitrogen and oxygen atoms in total. The molecular weight excluding hydrogens is 228 g/mol. The highest BCUT2D eigenvalue weighted by Crippen LogP contribution is 2.37. The molecule has 0 heterocycles. The second kappa shape index (κ2) is 3.35. The van der Waals surface area contributed by atoms with E-state index in [1.54, 1.807) is 0 Å². The minimum Gasteiger partial charge on any atom is -0.281 e. The number of hydrogen-bond donors (Lipinski definition) is 1. The van der Waals surface area contributed by atoms with E-state index in [-0.39, 0.29) is 19.3 Å². The highest BCUT2D eigenvalue weighted by molar-refractivity contribution is 7.87. The van der Waals surface area contributed by atoms with Crippen molar-refractivity contribution in [3.63, 3.8) is 0 Å². The summed E-state index contributed by atoms with van der Waals surface area (Å²) in [5, 5.41) is -5.43. The van der Waals surface area contributed by atoms with Crippen LogP contribution in [-0.4, -0.2) is 24.1 Å². The lowest BCUT2D eigenvalue weighted by Gasteiger charge is -2.19. The van der Waals surface area contributed by atoms with E-state index >= 15 is 0 Å². The van der Waals surface area contributed by atoms with Crippen molar-refractivity contribution in [1.82, 2.24) is 0 Å². The van der Waals surface area contributed by atoms with Gasteiger partial charge in [-0.25, -0.2) is 0 Å². The molecular formula is C3H5ClF4O3S. The molecule has 0 fully saturated rings. The third-order valence-corrected chi connectivity index (χ3v) is 1.84. The first-order valence-electron chi connectivity index (χ1n) is 2.23. The fourth-order valence-electron chi connectivity index (χ4n) is 0.226. The van der Waals surface area contributed by atoms with Gasteiger partial charge in [0.2, 0.25) is 0 Å². The van der Waals surface area contributed by atoms with Gasteiger partial charge in [-0.3, -0.25) is 4.55 Å². The van der Waals surface area contributed by atoms with Crippen molar-refractivity contribution in [2.75, 3.05) is 0 Å². The molecule has 0 aliphatic carbocycles. The Balaban J connectivity index is 0. The Morgan fingerprint density at radius 3 is 1.42 bits per heavy atom. The molecule has 0 bridgehead atoms. The lowest BCUT2D eigenvalue weighted by Crippen LogP contribution is -2.44. The van der Waals surface area contributed by atoms with E-state index in [9.17, 15) is 26.0 Å². The van der Waals surface area contributed by atoms with Gasteiger partial charge in [-0.1, -0.05) is 0 Å². The van der Waals surface area contributed by atoms with Gasteiger partial charge in [0, 0.05) is 6.92 Å². The van der Waals surface area contributed by atoms with E-state index in [1.807, 2.05) is 0 Å². The lowest BCUT2D eigenvalue weighted by molar-refractivity contribution is -0.146. The van der Waals surface area contributed by atoms with Crippen molar-refractivity contribution in [1.29, 1.82) is 0 Å². The molecule has 9 heteroatoms. The van der Waals surface area contributed by atoms with Crippen LogP contribution in [0.25, 0.3) is 0 Å². The SMILES string of the molecule is CC(F)(F)C(F)(F)S(=O)(=O)O.Cl. The summed E-state index contributed by atoms with van der Waals surface area (Å²) < 4.78 is 74.0. The second-order valence-corrected chi connectivity index (χ2v) is 3.34. The molecule has 0 aliphatic rings. The van der Waals surface area contributed by atoms with Crippen molar-refractivity contribution < 1.29 is 30.5 Å². The molecule has 0 rings (SSSR count). The number of halogens is 5. The minimum atomic E-state index is -6.04. The van der Waals surface area contributed by atoms with Gasteiger partial charge in [0.05, 0.1) is 0 Å². The predicted octanol–water partition coefficient (Wildman–Crippen LogP) is 1.54. The van der Waals surface area contributed by atoms with Crippen LogP contribution in [0.2, 0.25) is 0 Å². The summed E-state index contributed by atoms with van der Waals surface area (Å²) in [6.45, 7) is -0.305. The van der Waals surface area contributed by atoms with Gasteiger partial charge >= 0.3 is 21.3 Å². The van der Waals surface area contributed by atoms with Crippen molar-refractivity contribution in [2.24, 2.45) is 0 Å². The molecule has 76 valence electrons. The number of rotatable bonds is 2. The van der Waals surface area contributed by atoms with E-state index in [0.29, 0.717) is 0 Å². The molecule has 0 aromatic carbocycles. The largest absolute Gasteiger partial charge is 0.431 e. The Labute approximate surface area is 71.9 Å². The maximum Gasteiger partial charge on any atom is 0.431 e. The summed E-state index contributed by atoms with van der Waals surface area (Å²) in [4.78, 5) is 0. The molecule has 1 N–H and O–H groups in total. The maximum absolute atomic E-state index is 11.8. The molecule has 0 unspecified atom stereocenters. The molecule has 0 saturated carbocycles. The summed E-state index contributed by atoms with van der Waals surface area (Å²) in [5.74, 6) is -4.79. The van der Waals surface area contributed by atoms with Crippen LogP contribution in [0.15, 0.2) is 0 Å². The standard InChI is InChI=1S/C3H4F4O3S.ClH/c1-2(4,5)3(6,7)11(8,9)10;/h1H3,(H,8,9,10);1H. The Kier molecular flexibility index (Phi) is 4.03. The molecule has 0 spiro atoms. The van der Waals surface area contributed by atoms with Crippen LogP contribution in [0.4, 0.5) is 17.6 Å². The average molecular weight is 233 g/mol. The van der Waals surface area contributed by atoms with Gasteiger partial charge in [-0.15, -0.1) is 12.4 Å². The molecule has 0 aliphatic heterocycles. The first-order chi connectivity index (χ1) is 4.50. The van der Waals surface area contributed by atoms with Gasteiger partial charge in [0.15, 0.2) is 0 Å². The van der Waals surface area contributed by atoms with Crippen LogP contribution in [0, 0.1) is 0 Å². The molecule has 0 saturated heterocycles. The van der Waals surface area contributed by atoms with Crippen LogP contribution in [0.5, 0.6) is 0 Å².